The van der Waals surface area contributed by atoms with Crippen molar-refractivity contribution in [2.75, 3.05) is 5.32 Å². The Balaban J connectivity index is 1.39. The number of nitrogens with one attached hydrogen (secondary N) is 2. The number of benzene rings is 3. The predicted octanol–water partition coefficient (Wildman–Crippen LogP) is 6.34. The summed E-state index contributed by atoms with van der Waals surface area (Å²) in [7, 11) is 0. The fourth-order valence-electron chi connectivity index (χ4n) is 3.68. The third-order valence-electron chi connectivity index (χ3n) is 5.79. The summed E-state index contributed by atoms with van der Waals surface area (Å²) in [5, 5.41) is 9.75. The number of hydrogen-bond donors (Lipinski definition) is 2. The van der Waals surface area contributed by atoms with Crippen LogP contribution in [0.5, 0.6) is 5.75 Å². The number of hydrogen-bond acceptors (Lipinski definition) is 7. The molecule has 2 amide bonds. The van der Waals surface area contributed by atoms with E-state index in [1.165, 1.54) is 0 Å². The number of amides is 2. The highest BCUT2D eigenvalue weighted by Gasteiger charge is 2.22. The second-order valence-electron chi connectivity index (χ2n) is 8.67. The number of rotatable bonds is 8. The molecule has 0 aliphatic heterocycles. The second-order valence-corrected chi connectivity index (χ2v) is 9.08. The van der Waals surface area contributed by atoms with Gasteiger partial charge in [0, 0.05) is 21.7 Å². The molecule has 0 aliphatic rings. The smallest absolute Gasteiger partial charge is 0.412 e. The van der Waals surface area contributed by atoms with Gasteiger partial charge in [-0.15, -0.1) is 0 Å². The maximum Gasteiger partial charge on any atom is 0.412 e. The minimum Gasteiger partial charge on any atom is -0.441 e. The summed E-state index contributed by atoms with van der Waals surface area (Å²) < 4.78 is 16.2. The largest absolute Gasteiger partial charge is 0.441 e. The summed E-state index contributed by atoms with van der Waals surface area (Å²) >= 11 is 6.20. The number of para-hydroxylation sites is 1. The maximum atomic E-state index is 12.7. The fourth-order valence-corrected chi connectivity index (χ4v) is 3.97. The Bertz CT molecular complexity index is 1470. The van der Waals surface area contributed by atoms with Crippen LogP contribution in [0.3, 0.4) is 0 Å². The average molecular weight is 548 g/mol. The van der Waals surface area contributed by atoms with E-state index in [-0.39, 0.29) is 0 Å². The lowest BCUT2D eigenvalue weighted by Crippen LogP contribution is -2.40. The maximum absolute atomic E-state index is 12.7. The van der Waals surface area contributed by atoms with E-state index in [2.05, 4.69) is 15.8 Å². The molecular weight excluding hydrogens is 522 g/mol. The van der Waals surface area contributed by atoms with Gasteiger partial charge in [0.25, 0.3) is 5.91 Å². The van der Waals surface area contributed by atoms with Crippen LogP contribution in [0, 0.1) is 6.92 Å². The van der Waals surface area contributed by atoms with Gasteiger partial charge >= 0.3 is 12.1 Å². The van der Waals surface area contributed by atoms with E-state index in [9.17, 15) is 14.4 Å². The van der Waals surface area contributed by atoms with Crippen molar-refractivity contribution in [2.24, 2.45) is 0 Å². The minimum absolute atomic E-state index is 0.293. The average Bonchev–Trinajstić information content (AvgIpc) is 3.28. The molecule has 39 heavy (non-hydrogen) atoms. The van der Waals surface area contributed by atoms with Crippen LogP contribution in [0.2, 0.25) is 5.02 Å². The number of carbonyl (C=O) groups is 3. The number of halogens is 1. The van der Waals surface area contributed by atoms with Crippen LogP contribution < -0.4 is 15.4 Å². The molecule has 0 saturated carbocycles. The molecule has 0 saturated heterocycles. The topological polar surface area (TPSA) is 120 Å². The molecule has 0 radical (unpaired) electrons. The van der Waals surface area contributed by atoms with Crippen LogP contribution >= 0.6 is 11.6 Å². The van der Waals surface area contributed by atoms with E-state index in [0.717, 1.165) is 0 Å². The first-order valence-electron chi connectivity index (χ1n) is 12.1. The van der Waals surface area contributed by atoms with Gasteiger partial charge in [0.1, 0.15) is 29.3 Å². The molecule has 4 rings (SSSR count). The van der Waals surface area contributed by atoms with Crippen molar-refractivity contribution in [1.29, 1.82) is 0 Å². The van der Waals surface area contributed by atoms with Crippen LogP contribution in [-0.2, 0) is 9.53 Å². The van der Waals surface area contributed by atoms with E-state index in [1.807, 2.05) is 6.07 Å². The lowest BCUT2D eigenvalue weighted by Gasteiger charge is -2.15. The molecule has 10 heteroatoms. The normalized spacial score (nSPS) is 12.2. The number of aryl methyl sites for hydroxylation is 1. The number of ether oxygens (including phenoxy) is 2. The lowest BCUT2D eigenvalue weighted by molar-refractivity contribution is -0.136. The zero-order valence-electron chi connectivity index (χ0n) is 21.4. The first-order valence-corrected chi connectivity index (χ1v) is 12.5. The van der Waals surface area contributed by atoms with E-state index < -0.39 is 30.1 Å². The van der Waals surface area contributed by atoms with Crippen LogP contribution in [0.25, 0.3) is 11.3 Å². The van der Waals surface area contributed by atoms with Gasteiger partial charge in [-0.05, 0) is 51.1 Å². The van der Waals surface area contributed by atoms with Crippen LogP contribution in [0.15, 0.2) is 83.4 Å². The van der Waals surface area contributed by atoms with Gasteiger partial charge in [0.15, 0.2) is 5.76 Å². The van der Waals surface area contributed by atoms with Crippen molar-refractivity contribution in [1.82, 2.24) is 10.5 Å². The Labute approximate surface area is 230 Å². The van der Waals surface area contributed by atoms with Crippen molar-refractivity contribution < 1.29 is 28.4 Å². The van der Waals surface area contributed by atoms with Crippen molar-refractivity contribution >= 4 is 35.3 Å². The van der Waals surface area contributed by atoms with Gasteiger partial charge in [-0.3, -0.25) is 10.1 Å². The molecule has 200 valence electrons. The molecule has 9 nitrogen and oxygen atoms in total. The van der Waals surface area contributed by atoms with Gasteiger partial charge in [-0.25, -0.2) is 9.59 Å². The van der Waals surface area contributed by atoms with Gasteiger partial charge in [0.05, 0.1) is 0 Å². The summed E-state index contributed by atoms with van der Waals surface area (Å²) in [5.74, 6) is -0.360. The highest BCUT2D eigenvalue weighted by molar-refractivity contribution is 6.31. The van der Waals surface area contributed by atoms with Crippen molar-refractivity contribution in [3.63, 3.8) is 0 Å². The zero-order chi connectivity index (χ0) is 27.9. The summed E-state index contributed by atoms with van der Waals surface area (Å²) in [5.41, 5.74) is 2.34. The Morgan fingerprint density at radius 3 is 2.28 bits per heavy atom. The number of anilines is 1. The van der Waals surface area contributed by atoms with E-state index in [0.29, 0.717) is 44.6 Å². The third kappa shape index (κ3) is 6.82. The summed E-state index contributed by atoms with van der Waals surface area (Å²) in [6, 6.07) is 21.3. The zero-order valence-corrected chi connectivity index (χ0v) is 22.2. The standard InChI is InChI=1S/C29H26ClN3O6/c1-17-25(32-29(36)37-19(3)23-11-7-8-12-24(23)30)26(39-33-17)20-13-15-21(16-14-20)27(34)31-18(2)28(35)38-22-9-5-4-6-10-22/h4-16,18-19H,1-3H3,(H,31,34)(H,32,36). The predicted molar refractivity (Wildman–Crippen MR) is 146 cm³/mol. The molecule has 0 spiro atoms. The number of aromatic nitrogens is 1. The van der Waals surface area contributed by atoms with Gasteiger partial charge in [0.2, 0.25) is 0 Å². The van der Waals surface area contributed by atoms with Gasteiger partial charge in [-0.1, -0.05) is 65.3 Å². The van der Waals surface area contributed by atoms with Crippen LogP contribution in [0.4, 0.5) is 10.5 Å². The van der Waals surface area contributed by atoms with Gasteiger partial charge < -0.3 is 19.3 Å². The minimum atomic E-state index is -0.871. The summed E-state index contributed by atoms with van der Waals surface area (Å²) in [6.07, 6.45) is -1.30. The van der Waals surface area contributed by atoms with E-state index >= 15 is 0 Å². The lowest BCUT2D eigenvalue weighted by atomic mass is 10.1. The molecule has 0 fully saturated rings. The molecule has 0 bridgehead atoms. The fraction of sp³-hybridized carbons (Fsp3) is 0.172. The first kappa shape index (κ1) is 27.4. The Morgan fingerprint density at radius 2 is 1.59 bits per heavy atom. The summed E-state index contributed by atoms with van der Waals surface area (Å²) in [6.45, 7) is 4.93. The van der Waals surface area contributed by atoms with Gasteiger partial charge in [-0.2, -0.15) is 0 Å². The highest BCUT2D eigenvalue weighted by Crippen LogP contribution is 2.32. The Kier molecular flexibility index (Phi) is 8.63. The van der Waals surface area contributed by atoms with Crippen molar-refractivity contribution in [3.05, 3.63) is 101 Å². The second kappa shape index (κ2) is 12.3. The molecule has 1 heterocycles. The number of carbonyl (C=O) groups excluding carboxylic acids is 3. The molecule has 1 aromatic heterocycles. The number of esters is 1. The molecule has 4 aromatic rings. The SMILES string of the molecule is Cc1noc(-c2ccc(C(=O)NC(C)C(=O)Oc3ccccc3)cc2)c1NC(=O)OC(C)c1ccccc1Cl. The quantitative estimate of drug-likeness (QED) is 0.195. The summed E-state index contributed by atoms with van der Waals surface area (Å²) in [4.78, 5) is 37.6. The van der Waals surface area contributed by atoms with Crippen molar-refractivity contribution in [2.45, 2.75) is 32.9 Å². The molecule has 2 atom stereocenters. The van der Waals surface area contributed by atoms with Crippen LogP contribution in [0.1, 0.15) is 41.6 Å². The molecule has 2 N–H and O–H groups in total. The van der Waals surface area contributed by atoms with E-state index in [1.54, 1.807) is 93.6 Å². The molecule has 0 aliphatic carbocycles. The monoisotopic (exact) mass is 547 g/mol. The van der Waals surface area contributed by atoms with Crippen molar-refractivity contribution in [3.8, 4) is 17.1 Å². The Morgan fingerprint density at radius 1 is 0.923 bits per heavy atom. The molecule has 3 aromatic carbocycles. The Hall–Kier alpha value is -4.63. The molecule has 2 unspecified atom stereocenters. The van der Waals surface area contributed by atoms with E-state index in [4.69, 9.17) is 25.6 Å². The first-order chi connectivity index (χ1) is 18.7. The third-order valence-corrected chi connectivity index (χ3v) is 6.13. The number of nitrogens with zero attached hydrogens (tertiary/aromatic N) is 1. The highest BCUT2D eigenvalue weighted by atomic mass is 35.5. The van der Waals surface area contributed by atoms with Crippen LogP contribution in [-0.4, -0.2) is 29.2 Å². The molecular formula is C29H26ClN3O6.